The van der Waals surface area contributed by atoms with Gasteiger partial charge in [-0.05, 0) is 31.5 Å². The number of ether oxygens (including phenoxy) is 2. The summed E-state index contributed by atoms with van der Waals surface area (Å²) >= 11 is -1.45. The molecule has 1 heterocycles. The van der Waals surface area contributed by atoms with E-state index in [-0.39, 0.29) is 6.61 Å². The predicted octanol–water partition coefficient (Wildman–Crippen LogP) is 1.34. The largest absolute Gasteiger partial charge is 0.497 e. The molecule has 7 heteroatoms. The third-order valence-electron chi connectivity index (χ3n) is 3.11. The Balaban J connectivity index is 2.39. The maximum atomic E-state index is 12.1. The van der Waals surface area contributed by atoms with Crippen LogP contribution in [0.1, 0.15) is 25.5 Å². The minimum Gasteiger partial charge on any atom is -0.497 e. The Labute approximate surface area is 126 Å². The maximum Gasteiger partial charge on any atom is 0.337 e. The molecular weight excluding hydrogens is 292 g/mol. The van der Waals surface area contributed by atoms with E-state index in [0.717, 1.165) is 5.56 Å². The second-order valence-corrected chi connectivity index (χ2v) is 5.43. The van der Waals surface area contributed by atoms with Crippen molar-refractivity contribution in [3.05, 3.63) is 41.1 Å². The summed E-state index contributed by atoms with van der Waals surface area (Å²) in [7, 11) is 1.58. The number of hydrogen-bond acceptors (Lipinski definition) is 4. The van der Waals surface area contributed by atoms with Crippen LogP contribution in [0, 0.1) is 0 Å². The molecule has 0 saturated heterocycles. The SMILES string of the molecule is CCOC(=O)C1=C(C)N[S@@](=O)N[C@@H]1c1ccc(OC)cc1. The van der Waals surface area contributed by atoms with Gasteiger partial charge >= 0.3 is 5.97 Å². The van der Waals surface area contributed by atoms with Crippen LogP contribution in [0.2, 0.25) is 0 Å². The standard InChI is InChI=1S/C14H18N2O4S/c1-4-20-14(17)12-9(2)15-21(18)16-13(12)10-5-7-11(19-3)8-6-10/h5-8,13,15-16H,4H2,1-3H3/t13-,21-/m1/s1. The fraction of sp³-hybridized carbons (Fsp3) is 0.357. The van der Waals surface area contributed by atoms with Crippen molar-refractivity contribution in [2.45, 2.75) is 19.9 Å². The van der Waals surface area contributed by atoms with Crippen molar-refractivity contribution in [1.29, 1.82) is 0 Å². The Morgan fingerprint density at radius 1 is 1.33 bits per heavy atom. The zero-order chi connectivity index (χ0) is 15.4. The first-order valence-corrected chi connectivity index (χ1v) is 7.68. The quantitative estimate of drug-likeness (QED) is 0.823. The van der Waals surface area contributed by atoms with Gasteiger partial charge in [0, 0.05) is 5.70 Å². The van der Waals surface area contributed by atoms with E-state index in [2.05, 4.69) is 9.44 Å². The summed E-state index contributed by atoms with van der Waals surface area (Å²) in [6.45, 7) is 3.74. The van der Waals surface area contributed by atoms with Gasteiger partial charge in [0.25, 0.3) is 0 Å². The summed E-state index contributed by atoms with van der Waals surface area (Å²) in [6.07, 6.45) is 0. The minimum atomic E-state index is -1.45. The van der Waals surface area contributed by atoms with Crippen LogP contribution in [0.4, 0.5) is 0 Å². The van der Waals surface area contributed by atoms with Gasteiger partial charge in [0.2, 0.25) is 0 Å². The van der Waals surface area contributed by atoms with Gasteiger partial charge in [-0.25, -0.2) is 13.7 Å². The fourth-order valence-corrected chi connectivity index (χ4v) is 3.03. The lowest BCUT2D eigenvalue weighted by atomic mass is 9.98. The van der Waals surface area contributed by atoms with Crippen molar-refractivity contribution in [2.24, 2.45) is 0 Å². The van der Waals surface area contributed by atoms with Crippen LogP contribution in [0.25, 0.3) is 0 Å². The lowest BCUT2D eigenvalue weighted by Crippen LogP contribution is -2.41. The van der Waals surface area contributed by atoms with Gasteiger partial charge < -0.3 is 9.47 Å². The van der Waals surface area contributed by atoms with Crippen molar-refractivity contribution in [2.75, 3.05) is 13.7 Å². The number of carbonyl (C=O) groups excluding carboxylic acids is 1. The smallest absolute Gasteiger partial charge is 0.337 e. The van der Waals surface area contributed by atoms with E-state index in [1.165, 1.54) is 0 Å². The fourth-order valence-electron chi connectivity index (χ4n) is 2.12. The second kappa shape index (κ2) is 6.73. The number of carbonyl (C=O) groups is 1. The van der Waals surface area contributed by atoms with Crippen LogP contribution in [-0.4, -0.2) is 23.9 Å². The highest BCUT2D eigenvalue weighted by molar-refractivity contribution is 7.81. The average molecular weight is 310 g/mol. The van der Waals surface area contributed by atoms with E-state index in [1.807, 2.05) is 12.1 Å². The number of rotatable bonds is 4. The molecule has 0 aromatic heterocycles. The molecule has 0 saturated carbocycles. The molecule has 0 radical (unpaired) electrons. The van der Waals surface area contributed by atoms with Gasteiger partial charge in [0.1, 0.15) is 5.75 Å². The van der Waals surface area contributed by atoms with Gasteiger partial charge in [-0.15, -0.1) is 0 Å². The van der Waals surface area contributed by atoms with Gasteiger partial charge in [-0.3, -0.25) is 4.72 Å². The normalized spacial score (nSPS) is 21.7. The van der Waals surface area contributed by atoms with E-state index >= 15 is 0 Å². The zero-order valence-electron chi connectivity index (χ0n) is 12.1. The van der Waals surface area contributed by atoms with Crippen LogP contribution < -0.4 is 14.2 Å². The van der Waals surface area contributed by atoms with Crippen LogP contribution in [-0.2, 0) is 20.7 Å². The van der Waals surface area contributed by atoms with Gasteiger partial charge in [-0.1, -0.05) is 12.1 Å². The molecule has 0 amide bonds. The van der Waals surface area contributed by atoms with Crippen LogP contribution in [0.5, 0.6) is 5.75 Å². The van der Waals surface area contributed by atoms with E-state index in [1.54, 1.807) is 33.1 Å². The summed E-state index contributed by atoms with van der Waals surface area (Å²) in [5.41, 5.74) is 1.79. The van der Waals surface area contributed by atoms with Crippen molar-refractivity contribution in [1.82, 2.24) is 9.44 Å². The molecule has 2 N–H and O–H groups in total. The Hall–Kier alpha value is -1.86. The average Bonchev–Trinajstić information content (AvgIpc) is 2.46. The molecule has 0 unspecified atom stereocenters. The third kappa shape index (κ3) is 3.43. The molecule has 6 nitrogen and oxygen atoms in total. The summed E-state index contributed by atoms with van der Waals surface area (Å²) in [4.78, 5) is 12.1. The lowest BCUT2D eigenvalue weighted by molar-refractivity contribution is -0.139. The van der Waals surface area contributed by atoms with Crippen molar-refractivity contribution in [3.63, 3.8) is 0 Å². The van der Waals surface area contributed by atoms with Crippen molar-refractivity contribution >= 4 is 17.1 Å². The van der Waals surface area contributed by atoms with Gasteiger partial charge in [-0.2, -0.15) is 0 Å². The summed E-state index contributed by atoms with van der Waals surface area (Å²) in [6, 6.07) is 6.74. The topological polar surface area (TPSA) is 76.7 Å². The van der Waals surface area contributed by atoms with Gasteiger partial charge in [0.15, 0.2) is 11.2 Å². The molecule has 21 heavy (non-hydrogen) atoms. The van der Waals surface area contributed by atoms with Crippen LogP contribution in [0.3, 0.4) is 0 Å². The summed E-state index contributed by atoms with van der Waals surface area (Å²) in [5.74, 6) is 0.291. The zero-order valence-corrected chi connectivity index (χ0v) is 13.0. The number of allylic oxidation sites excluding steroid dienone is 1. The Morgan fingerprint density at radius 2 is 2.00 bits per heavy atom. The first-order valence-electron chi connectivity index (χ1n) is 6.53. The Bertz CT molecular complexity index is 583. The molecule has 1 aromatic rings. The predicted molar refractivity (Wildman–Crippen MR) is 79.5 cm³/mol. The maximum absolute atomic E-state index is 12.1. The first-order chi connectivity index (χ1) is 10.1. The van der Waals surface area contributed by atoms with Crippen molar-refractivity contribution in [3.8, 4) is 5.75 Å². The molecule has 114 valence electrons. The second-order valence-electron chi connectivity index (χ2n) is 4.45. The van der Waals surface area contributed by atoms with E-state index in [9.17, 15) is 9.00 Å². The monoisotopic (exact) mass is 310 g/mol. The molecule has 0 fully saturated rings. The molecular formula is C14H18N2O4S. The van der Waals surface area contributed by atoms with E-state index < -0.39 is 23.2 Å². The molecule has 1 aliphatic rings. The summed E-state index contributed by atoms with van der Waals surface area (Å²) < 4.78 is 27.5. The highest BCUT2D eigenvalue weighted by Gasteiger charge is 2.31. The number of benzene rings is 1. The van der Waals surface area contributed by atoms with E-state index in [4.69, 9.17) is 9.47 Å². The van der Waals surface area contributed by atoms with Crippen LogP contribution in [0.15, 0.2) is 35.5 Å². The first kappa shape index (κ1) is 15.5. The van der Waals surface area contributed by atoms with Crippen molar-refractivity contribution < 1.29 is 18.5 Å². The lowest BCUT2D eigenvalue weighted by Gasteiger charge is -2.27. The molecule has 0 spiro atoms. The minimum absolute atomic E-state index is 0.286. The molecule has 2 rings (SSSR count). The number of methoxy groups -OCH3 is 1. The molecule has 2 atom stereocenters. The molecule has 0 aliphatic carbocycles. The molecule has 1 aliphatic heterocycles. The Kier molecular flexibility index (Phi) is 4.98. The Morgan fingerprint density at radius 3 is 2.57 bits per heavy atom. The highest BCUT2D eigenvalue weighted by Crippen LogP contribution is 2.29. The van der Waals surface area contributed by atoms with Gasteiger partial charge in [0.05, 0.1) is 25.3 Å². The third-order valence-corrected chi connectivity index (χ3v) is 4.05. The molecule has 0 bridgehead atoms. The van der Waals surface area contributed by atoms with Crippen LogP contribution >= 0.6 is 0 Å². The number of nitrogens with one attached hydrogen (secondary N) is 2. The number of hydrogen-bond donors (Lipinski definition) is 2. The highest BCUT2D eigenvalue weighted by atomic mass is 32.2. The summed E-state index contributed by atoms with van der Waals surface area (Å²) in [5, 5.41) is 0. The number of esters is 1. The molecule has 1 aromatic carbocycles. The van der Waals surface area contributed by atoms with E-state index in [0.29, 0.717) is 17.0 Å².